The zero-order valence-corrected chi connectivity index (χ0v) is 13.4. The second-order valence-corrected chi connectivity index (χ2v) is 14.6. The van der Waals surface area contributed by atoms with Crippen molar-refractivity contribution in [2.45, 2.75) is 6.92 Å². The number of hydrogen-bond donors (Lipinski definition) is 0. The Labute approximate surface area is 113 Å². The van der Waals surface area contributed by atoms with Crippen LogP contribution in [0.4, 0.5) is 0 Å². The van der Waals surface area contributed by atoms with E-state index in [0.717, 1.165) is 10.4 Å². The first-order valence-electron chi connectivity index (χ1n) is 4.15. The number of halogens is 4. The molecule has 5 heteroatoms. The summed E-state index contributed by atoms with van der Waals surface area (Å²) in [5.74, 6) is 0. The molecule has 0 heterocycles. The van der Waals surface area contributed by atoms with E-state index in [0.29, 0.717) is 0 Å². The Kier molecular flexibility index (Phi) is 6.10. The van der Waals surface area contributed by atoms with Crippen molar-refractivity contribution in [1.82, 2.24) is 0 Å². The van der Waals surface area contributed by atoms with Gasteiger partial charge in [-0.1, -0.05) is 24.6 Å². The third-order valence-electron chi connectivity index (χ3n) is 1.84. The molecule has 0 amide bonds. The monoisotopic (exact) mass is 358 g/mol. The van der Waals surface area contributed by atoms with Crippen molar-refractivity contribution in [2.24, 2.45) is 0 Å². The topological polar surface area (TPSA) is 0 Å². The summed E-state index contributed by atoms with van der Waals surface area (Å²) in [4.78, 5) is 0. The summed E-state index contributed by atoms with van der Waals surface area (Å²) in [6.45, 7) is 2.08. The van der Waals surface area contributed by atoms with Crippen LogP contribution in [0.2, 0.25) is 5.02 Å². The Hall–Kier alpha value is 0.873. The molecule has 0 saturated carbocycles. The Bertz CT molecular complexity index is 433. The average molecular weight is 361 g/mol. The van der Waals surface area contributed by atoms with Crippen LogP contribution in [0.3, 0.4) is 0 Å². The molecule has 0 saturated heterocycles. The maximum atomic E-state index is 5.97. The zero-order chi connectivity index (χ0) is 11.4. The molecule has 2 rings (SSSR count). The van der Waals surface area contributed by atoms with Gasteiger partial charge in [-0.2, -0.15) is 6.07 Å². The second-order valence-electron chi connectivity index (χ2n) is 2.99. The Morgan fingerprint density at radius 2 is 1.80 bits per heavy atom. The number of hydrogen-bond acceptors (Lipinski definition) is 0. The molecule has 81 valence electrons. The van der Waals surface area contributed by atoms with Gasteiger partial charge in [0.15, 0.2) is 0 Å². The summed E-state index contributed by atoms with van der Waals surface area (Å²) < 4.78 is 0. The van der Waals surface area contributed by atoms with Crippen molar-refractivity contribution in [3.63, 3.8) is 0 Å². The molecule has 2 aromatic carbocycles. The normalized spacial score (nSPS) is 9.67. The van der Waals surface area contributed by atoms with Gasteiger partial charge in [0.25, 0.3) is 0 Å². The van der Waals surface area contributed by atoms with Gasteiger partial charge < -0.3 is 0 Å². The van der Waals surface area contributed by atoms with Crippen LogP contribution in [-0.2, 0) is 18.2 Å². The molecule has 15 heavy (non-hydrogen) atoms. The predicted molar refractivity (Wildman–Crippen MR) is 66.8 cm³/mol. The van der Waals surface area contributed by atoms with Crippen LogP contribution >= 0.6 is 37.1 Å². The van der Waals surface area contributed by atoms with Crippen molar-refractivity contribution in [1.29, 1.82) is 0 Å². The van der Waals surface area contributed by atoms with Gasteiger partial charge in [-0.05, 0) is 5.02 Å². The minimum absolute atomic E-state index is 0.843. The van der Waals surface area contributed by atoms with E-state index in [4.69, 9.17) is 37.1 Å². The summed E-state index contributed by atoms with van der Waals surface area (Å²) in [6, 6.07) is 10.2. The quantitative estimate of drug-likeness (QED) is 0.537. The van der Waals surface area contributed by atoms with Gasteiger partial charge in [0, 0.05) is 0 Å². The first-order chi connectivity index (χ1) is 7.00. The third-order valence-corrected chi connectivity index (χ3v) is 2.17. The van der Waals surface area contributed by atoms with E-state index in [1.54, 1.807) is 0 Å². The van der Waals surface area contributed by atoms with Crippen LogP contribution in [0.5, 0.6) is 0 Å². The van der Waals surface area contributed by atoms with Crippen LogP contribution in [0.1, 0.15) is 5.56 Å². The SMILES string of the molecule is Cc1cc2c(Cl)cccc2[cH-]1.[Cl][Zr]([Cl])[Cl]. The molecular weight excluding hydrogens is 353 g/mol. The van der Waals surface area contributed by atoms with Gasteiger partial charge in [-0.3, -0.25) is 0 Å². The fourth-order valence-corrected chi connectivity index (χ4v) is 1.58. The summed E-state index contributed by atoms with van der Waals surface area (Å²) in [5.41, 5.74) is 1.27. The summed E-state index contributed by atoms with van der Waals surface area (Å²) >= 11 is 3.84. The van der Waals surface area contributed by atoms with Crippen LogP contribution in [0, 0.1) is 6.92 Å². The molecule has 0 aliphatic carbocycles. The molecule has 0 fully saturated rings. The Balaban J connectivity index is 0.000000245. The zero-order valence-electron chi connectivity index (χ0n) is 7.90. The predicted octanol–water partition coefficient (Wildman–Crippen LogP) is 5.59. The van der Waals surface area contributed by atoms with Crippen molar-refractivity contribution < 1.29 is 18.2 Å². The van der Waals surface area contributed by atoms with Crippen LogP contribution in [0.25, 0.3) is 10.8 Å². The van der Waals surface area contributed by atoms with E-state index in [-0.39, 0.29) is 0 Å². The fraction of sp³-hybridized carbons (Fsp3) is 0.100. The van der Waals surface area contributed by atoms with E-state index < -0.39 is 18.2 Å². The number of benzene rings is 1. The van der Waals surface area contributed by atoms with Crippen LogP contribution < -0.4 is 0 Å². The van der Waals surface area contributed by atoms with E-state index in [2.05, 4.69) is 25.1 Å². The molecule has 0 N–H and O–H groups in total. The molecule has 0 aromatic heterocycles. The Morgan fingerprint density at radius 1 is 1.20 bits per heavy atom. The second kappa shape index (κ2) is 6.57. The van der Waals surface area contributed by atoms with E-state index >= 15 is 0 Å². The van der Waals surface area contributed by atoms with Crippen molar-refractivity contribution in [2.75, 3.05) is 0 Å². The molecule has 0 nitrogen and oxygen atoms in total. The van der Waals surface area contributed by atoms with Crippen molar-refractivity contribution in [3.05, 3.63) is 40.9 Å². The van der Waals surface area contributed by atoms with E-state index in [9.17, 15) is 0 Å². The summed E-state index contributed by atoms with van der Waals surface area (Å²) in [5, 5.41) is 3.23. The Morgan fingerprint density at radius 3 is 2.33 bits per heavy atom. The summed E-state index contributed by atoms with van der Waals surface area (Å²) in [6.07, 6.45) is 0. The molecule has 0 aliphatic rings. The molecular formula is C10H8Cl4Zr-. The number of aryl methyl sites for hydroxylation is 1. The van der Waals surface area contributed by atoms with Crippen molar-refractivity contribution >= 4 is 47.9 Å². The molecule has 0 bridgehead atoms. The first kappa shape index (κ1) is 13.9. The van der Waals surface area contributed by atoms with Crippen molar-refractivity contribution in [3.8, 4) is 0 Å². The van der Waals surface area contributed by atoms with Crippen LogP contribution in [0.15, 0.2) is 30.3 Å². The molecule has 0 atom stereocenters. The third kappa shape index (κ3) is 4.71. The van der Waals surface area contributed by atoms with E-state index in [1.165, 1.54) is 10.9 Å². The number of rotatable bonds is 0. The van der Waals surface area contributed by atoms with Gasteiger partial charge in [0.2, 0.25) is 0 Å². The number of fused-ring (bicyclic) bond motifs is 1. The van der Waals surface area contributed by atoms with Gasteiger partial charge in [0.05, 0.1) is 0 Å². The molecule has 0 unspecified atom stereocenters. The van der Waals surface area contributed by atoms with Gasteiger partial charge in [-0.25, -0.2) is 0 Å². The van der Waals surface area contributed by atoms with Gasteiger partial charge in [-0.15, -0.1) is 34.5 Å². The van der Waals surface area contributed by atoms with E-state index in [1.807, 2.05) is 12.1 Å². The summed E-state index contributed by atoms with van der Waals surface area (Å²) in [7, 11) is 15.0. The fourth-order valence-electron chi connectivity index (χ4n) is 1.35. The van der Waals surface area contributed by atoms with Crippen LogP contribution in [-0.4, -0.2) is 0 Å². The molecule has 0 radical (unpaired) electrons. The molecule has 2 aromatic rings. The first-order valence-corrected chi connectivity index (χ1v) is 14.0. The standard InChI is InChI=1S/C10H8Cl.3ClH.Zr/c1-7-5-8-3-2-4-10(11)9(8)6-7;;;;/h2-6H,1H3;3*1H;/q-1;;;;+3/p-3. The average Bonchev–Trinajstić information content (AvgIpc) is 2.46. The molecule has 0 aliphatic heterocycles. The van der Waals surface area contributed by atoms with Gasteiger partial charge >= 0.3 is 43.7 Å². The molecule has 0 spiro atoms. The minimum atomic E-state index is -2.13. The van der Waals surface area contributed by atoms with Gasteiger partial charge in [0.1, 0.15) is 0 Å². The maximum absolute atomic E-state index is 5.97.